The Hall–Kier alpha value is -1.45. The summed E-state index contributed by atoms with van der Waals surface area (Å²) in [5.74, 6) is 1.03. The highest BCUT2D eigenvalue weighted by Crippen LogP contribution is 2.37. The van der Waals surface area contributed by atoms with Gasteiger partial charge in [-0.25, -0.2) is 4.39 Å². The Morgan fingerprint density at radius 1 is 1.10 bits per heavy atom. The molecular weight excluding hydrogens is 302 g/mol. The molecule has 0 bridgehead atoms. The van der Waals surface area contributed by atoms with E-state index in [1.165, 1.54) is 19.2 Å². The van der Waals surface area contributed by atoms with Crippen LogP contribution < -0.4 is 9.47 Å². The molecule has 20 heavy (non-hydrogen) atoms. The van der Waals surface area contributed by atoms with Gasteiger partial charge in [0.25, 0.3) is 0 Å². The first-order chi connectivity index (χ1) is 9.63. The van der Waals surface area contributed by atoms with E-state index in [0.29, 0.717) is 22.4 Å². The molecule has 0 fully saturated rings. The van der Waals surface area contributed by atoms with Crippen molar-refractivity contribution in [3.05, 3.63) is 58.4 Å². The van der Waals surface area contributed by atoms with Gasteiger partial charge in [0.15, 0.2) is 11.5 Å². The van der Waals surface area contributed by atoms with Gasteiger partial charge in [-0.15, -0.1) is 11.6 Å². The van der Waals surface area contributed by atoms with E-state index in [0.717, 1.165) is 11.1 Å². The number of benzene rings is 2. The summed E-state index contributed by atoms with van der Waals surface area (Å²) in [5.41, 5.74) is 1.69. The lowest BCUT2D eigenvalue weighted by atomic mass is 10.2. The zero-order valence-electron chi connectivity index (χ0n) is 10.8. The Labute approximate surface area is 127 Å². The number of hydrogen-bond acceptors (Lipinski definition) is 2. The van der Waals surface area contributed by atoms with Gasteiger partial charge in [-0.2, -0.15) is 0 Å². The molecule has 0 aliphatic rings. The first kappa shape index (κ1) is 14.9. The first-order valence-corrected chi connectivity index (χ1v) is 6.85. The minimum Gasteiger partial charge on any atom is -0.493 e. The second kappa shape index (κ2) is 6.82. The summed E-state index contributed by atoms with van der Waals surface area (Å²) in [6, 6.07) is 9.59. The van der Waals surface area contributed by atoms with E-state index in [1.54, 1.807) is 24.3 Å². The van der Waals surface area contributed by atoms with E-state index in [9.17, 15) is 4.39 Å². The molecule has 0 aliphatic heterocycles. The number of ether oxygens (including phenoxy) is 2. The molecule has 5 heteroatoms. The average molecular weight is 315 g/mol. The van der Waals surface area contributed by atoms with Crippen molar-refractivity contribution in [2.24, 2.45) is 0 Å². The SMILES string of the molecule is COc1cc(CCl)cc(Cl)c1OCc1ccc(F)cc1. The summed E-state index contributed by atoms with van der Waals surface area (Å²) in [7, 11) is 1.54. The number of hydrogen-bond donors (Lipinski definition) is 0. The Bertz CT molecular complexity index is 585. The predicted octanol–water partition coefficient (Wildman–Crippen LogP) is 4.81. The van der Waals surface area contributed by atoms with Crippen LogP contribution in [0, 0.1) is 5.82 Å². The van der Waals surface area contributed by atoms with Crippen molar-refractivity contribution < 1.29 is 13.9 Å². The van der Waals surface area contributed by atoms with Crippen LogP contribution in [0.4, 0.5) is 4.39 Å². The molecule has 0 aromatic heterocycles. The molecule has 0 saturated carbocycles. The van der Waals surface area contributed by atoms with Crippen molar-refractivity contribution in [3.8, 4) is 11.5 Å². The van der Waals surface area contributed by atoms with Gasteiger partial charge in [-0.05, 0) is 35.4 Å². The molecular formula is C15H13Cl2FO2. The molecule has 0 radical (unpaired) electrons. The Morgan fingerprint density at radius 2 is 1.80 bits per heavy atom. The fourth-order valence-electron chi connectivity index (χ4n) is 1.73. The van der Waals surface area contributed by atoms with Crippen molar-refractivity contribution in [2.45, 2.75) is 12.5 Å². The second-order valence-corrected chi connectivity index (χ2v) is 4.83. The summed E-state index contributed by atoms with van der Waals surface area (Å²) >= 11 is 11.9. The third kappa shape index (κ3) is 3.56. The number of halogens is 3. The van der Waals surface area contributed by atoms with Gasteiger partial charge in [0.1, 0.15) is 12.4 Å². The van der Waals surface area contributed by atoms with Crippen LogP contribution in [0.1, 0.15) is 11.1 Å². The molecule has 2 rings (SSSR count). The lowest BCUT2D eigenvalue weighted by Crippen LogP contribution is -1.99. The normalized spacial score (nSPS) is 10.4. The summed E-state index contributed by atoms with van der Waals surface area (Å²) < 4.78 is 23.7. The van der Waals surface area contributed by atoms with Crippen LogP contribution in [-0.4, -0.2) is 7.11 Å². The van der Waals surface area contributed by atoms with Gasteiger partial charge in [0.2, 0.25) is 0 Å². The maximum Gasteiger partial charge on any atom is 0.180 e. The number of rotatable bonds is 5. The lowest BCUT2D eigenvalue weighted by molar-refractivity contribution is 0.284. The highest BCUT2D eigenvalue weighted by atomic mass is 35.5. The minimum absolute atomic E-state index is 0.274. The fourth-order valence-corrected chi connectivity index (χ4v) is 2.17. The maximum atomic E-state index is 12.8. The van der Waals surface area contributed by atoms with Gasteiger partial charge in [0.05, 0.1) is 12.1 Å². The van der Waals surface area contributed by atoms with E-state index in [2.05, 4.69) is 0 Å². The predicted molar refractivity (Wildman–Crippen MR) is 78.3 cm³/mol. The Morgan fingerprint density at radius 3 is 2.40 bits per heavy atom. The standard InChI is InChI=1S/C15H13Cl2FO2/c1-19-14-7-11(8-16)6-13(17)15(14)20-9-10-2-4-12(18)5-3-10/h2-7H,8-9H2,1H3. The first-order valence-electron chi connectivity index (χ1n) is 5.93. The van der Waals surface area contributed by atoms with E-state index in [4.69, 9.17) is 32.7 Å². The van der Waals surface area contributed by atoms with Crippen LogP contribution in [0.2, 0.25) is 5.02 Å². The molecule has 2 nitrogen and oxygen atoms in total. The molecule has 0 atom stereocenters. The van der Waals surface area contributed by atoms with E-state index < -0.39 is 0 Å². The Balaban J connectivity index is 2.18. The monoisotopic (exact) mass is 314 g/mol. The minimum atomic E-state index is -0.282. The third-order valence-corrected chi connectivity index (χ3v) is 3.33. The van der Waals surface area contributed by atoms with Crippen molar-refractivity contribution in [1.29, 1.82) is 0 Å². The van der Waals surface area contributed by atoms with Crippen LogP contribution in [0.25, 0.3) is 0 Å². The fraction of sp³-hybridized carbons (Fsp3) is 0.200. The highest BCUT2D eigenvalue weighted by molar-refractivity contribution is 6.32. The maximum absolute atomic E-state index is 12.8. The van der Waals surface area contributed by atoms with Crippen LogP contribution in [0.15, 0.2) is 36.4 Å². The molecule has 0 N–H and O–H groups in total. The molecule has 0 spiro atoms. The molecule has 2 aromatic rings. The van der Waals surface area contributed by atoms with Gasteiger partial charge >= 0.3 is 0 Å². The van der Waals surface area contributed by atoms with Crippen LogP contribution in [0.3, 0.4) is 0 Å². The van der Waals surface area contributed by atoms with Gasteiger partial charge in [-0.1, -0.05) is 23.7 Å². The van der Waals surface area contributed by atoms with Crippen LogP contribution in [-0.2, 0) is 12.5 Å². The molecule has 0 heterocycles. The van der Waals surface area contributed by atoms with E-state index >= 15 is 0 Å². The molecule has 0 saturated heterocycles. The van der Waals surface area contributed by atoms with Crippen molar-refractivity contribution in [1.82, 2.24) is 0 Å². The second-order valence-electron chi connectivity index (χ2n) is 4.16. The van der Waals surface area contributed by atoms with Crippen molar-refractivity contribution in [2.75, 3.05) is 7.11 Å². The Kier molecular flexibility index (Phi) is 5.10. The number of methoxy groups -OCH3 is 1. The van der Waals surface area contributed by atoms with Gasteiger partial charge in [-0.3, -0.25) is 0 Å². The van der Waals surface area contributed by atoms with Crippen molar-refractivity contribution in [3.63, 3.8) is 0 Å². The summed E-state index contributed by atoms with van der Waals surface area (Å²) in [6.07, 6.45) is 0. The molecule has 0 unspecified atom stereocenters. The summed E-state index contributed by atoms with van der Waals surface area (Å²) in [6.45, 7) is 0.274. The van der Waals surface area contributed by atoms with Gasteiger partial charge in [0, 0.05) is 5.88 Å². The van der Waals surface area contributed by atoms with E-state index in [-0.39, 0.29) is 12.4 Å². The summed E-state index contributed by atoms with van der Waals surface area (Å²) in [4.78, 5) is 0. The lowest BCUT2D eigenvalue weighted by Gasteiger charge is -2.13. The molecule has 106 valence electrons. The molecule has 0 amide bonds. The van der Waals surface area contributed by atoms with Gasteiger partial charge < -0.3 is 9.47 Å². The summed E-state index contributed by atoms with van der Waals surface area (Å²) in [5, 5.41) is 0.433. The van der Waals surface area contributed by atoms with E-state index in [1.807, 2.05) is 0 Å². The molecule has 0 aliphatic carbocycles. The smallest absolute Gasteiger partial charge is 0.180 e. The molecule has 2 aromatic carbocycles. The topological polar surface area (TPSA) is 18.5 Å². The van der Waals surface area contributed by atoms with Crippen LogP contribution in [0.5, 0.6) is 11.5 Å². The van der Waals surface area contributed by atoms with Crippen molar-refractivity contribution >= 4 is 23.2 Å². The largest absolute Gasteiger partial charge is 0.493 e. The zero-order chi connectivity index (χ0) is 14.5. The average Bonchev–Trinajstić information content (AvgIpc) is 2.47. The highest BCUT2D eigenvalue weighted by Gasteiger charge is 2.12. The van der Waals surface area contributed by atoms with Crippen LogP contribution >= 0.6 is 23.2 Å². The number of alkyl halides is 1. The zero-order valence-corrected chi connectivity index (χ0v) is 12.3. The third-order valence-electron chi connectivity index (χ3n) is 2.74. The quantitative estimate of drug-likeness (QED) is 0.738.